The van der Waals surface area contributed by atoms with Gasteiger partial charge in [0.2, 0.25) is 0 Å². The minimum Gasteiger partial charge on any atom is -0.308 e. The average molecular weight is 357 g/mol. The summed E-state index contributed by atoms with van der Waals surface area (Å²) in [5.74, 6) is -0.0276. The van der Waals surface area contributed by atoms with Crippen LogP contribution in [-0.2, 0) is 6.42 Å². The third-order valence-corrected chi connectivity index (χ3v) is 4.55. The summed E-state index contributed by atoms with van der Waals surface area (Å²) >= 11 is 0. The van der Waals surface area contributed by atoms with E-state index in [2.05, 4.69) is 16.7 Å². The van der Waals surface area contributed by atoms with Crippen molar-refractivity contribution in [1.29, 1.82) is 0 Å². The first-order valence-corrected chi connectivity index (χ1v) is 8.83. The molecule has 0 saturated heterocycles. The highest BCUT2D eigenvalue weighted by Crippen LogP contribution is 2.29. The van der Waals surface area contributed by atoms with Gasteiger partial charge in [-0.2, -0.15) is 0 Å². The first-order chi connectivity index (χ1) is 13.2. The predicted octanol–water partition coefficient (Wildman–Crippen LogP) is 4.53. The minimum absolute atomic E-state index is 0.0276. The molecule has 0 atom stereocenters. The molecule has 0 fully saturated rings. The Morgan fingerprint density at radius 2 is 1.37 bits per heavy atom. The maximum Gasteiger partial charge on any atom is 0.323 e. The molecule has 0 saturated carbocycles. The third kappa shape index (κ3) is 3.67. The van der Waals surface area contributed by atoms with Gasteiger partial charge in [-0.25, -0.2) is 4.79 Å². The number of rotatable bonds is 3. The lowest BCUT2D eigenvalue weighted by Crippen LogP contribution is -2.28. The topological polar surface area (TPSA) is 61.4 Å². The Balaban J connectivity index is 1.42. The van der Waals surface area contributed by atoms with Gasteiger partial charge in [0.05, 0.1) is 0 Å². The van der Waals surface area contributed by atoms with Gasteiger partial charge in [0.25, 0.3) is 5.91 Å². The molecule has 3 amide bonds. The number of fused-ring (bicyclic) bond motifs is 1. The monoisotopic (exact) mass is 357 g/mol. The smallest absolute Gasteiger partial charge is 0.308 e. The fourth-order valence-corrected chi connectivity index (χ4v) is 3.22. The van der Waals surface area contributed by atoms with Crippen molar-refractivity contribution in [3.63, 3.8) is 0 Å². The molecule has 0 aliphatic carbocycles. The second kappa shape index (κ2) is 7.33. The number of para-hydroxylation sites is 2. The molecule has 0 spiro atoms. The quantitative estimate of drug-likeness (QED) is 0.723. The van der Waals surface area contributed by atoms with E-state index in [9.17, 15) is 9.59 Å². The molecule has 1 heterocycles. The normalized spacial score (nSPS) is 12.4. The number of hydrogen-bond acceptors (Lipinski definition) is 2. The summed E-state index contributed by atoms with van der Waals surface area (Å²) in [7, 11) is 0. The van der Waals surface area contributed by atoms with Gasteiger partial charge in [-0.05, 0) is 54.4 Å². The lowest BCUT2D eigenvalue weighted by Gasteiger charge is -2.17. The van der Waals surface area contributed by atoms with Crippen molar-refractivity contribution >= 4 is 29.0 Å². The Morgan fingerprint density at radius 3 is 2.11 bits per heavy atom. The standard InChI is InChI=1S/C22H19N3O2/c26-21(25-15-14-16-6-4-5-9-20(16)25)17-10-12-19(13-11-17)24-22(27)23-18-7-2-1-3-8-18/h1-13H,14-15H2,(H2,23,24,27). The molecule has 0 bridgehead atoms. The maximum absolute atomic E-state index is 12.8. The summed E-state index contributed by atoms with van der Waals surface area (Å²) in [6.07, 6.45) is 0.876. The molecule has 1 aliphatic rings. The van der Waals surface area contributed by atoms with Gasteiger partial charge >= 0.3 is 6.03 Å². The van der Waals surface area contributed by atoms with Crippen LogP contribution in [0, 0.1) is 0 Å². The number of benzene rings is 3. The molecule has 3 aromatic carbocycles. The predicted molar refractivity (Wildman–Crippen MR) is 107 cm³/mol. The van der Waals surface area contributed by atoms with Crippen molar-refractivity contribution in [3.8, 4) is 0 Å². The van der Waals surface area contributed by atoms with Gasteiger partial charge in [0, 0.05) is 29.2 Å². The fourth-order valence-electron chi connectivity index (χ4n) is 3.22. The zero-order valence-electron chi connectivity index (χ0n) is 14.7. The van der Waals surface area contributed by atoms with Crippen LogP contribution in [0.5, 0.6) is 0 Å². The summed E-state index contributed by atoms with van der Waals surface area (Å²) in [6, 6.07) is 23.8. The lowest BCUT2D eigenvalue weighted by molar-refractivity contribution is 0.0989. The van der Waals surface area contributed by atoms with Gasteiger partial charge in [-0.1, -0.05) is 36.4 Å². The van der Waals surface area contributed by atoms with Crippen LogP contribution < -0.4 is 15.5 Å². The van der Waals surface area contributed by atoms with Crippen LogP contribution in [0.25, 0.3) is 0 Å². The minimum atomic E-state index is -0.325. The highest BCUT2D eigenvalue weighted by Gasteiger charge is 2.24. The van der Waals surface area contributed by atoms with Crippen molar-refractivity contribution in [3.05, 3.63) is 90.0 Å². The van der Waals surface area contributed by atoms with Crippen molar-refractivity contribution < 1.29 is 9.59 Å². The molecule has 2 N–H and O–H groups in total. The Morgan fingerprint density at radius 1 is 0.741 bits per heavy atom. The molecular weight excluding hydrogens is 338 g/mol. The summed E-state index contributed by atoms with van der Waals surface area (Å²) in [6.45, 7) is 0.692. The van der Waals surface area contributed by atoms with Gasteiger partial charge in [0.15, 0.2) is 0 Å². The zero-order valence-corrected chi connectivity index (χ0v) is 14.7. The van der Waals surface area contributed by atoms with E-state index in [0.29, 0.717) is 17.8 Å². The number of carbonyl (C=O) groups excluding carboxylic acids is 2. The molecule has 134 valence electrons. The third-order valence-electron chi connectivity index (χ3n) is 4.55. The SMILES string of the molecule is O=C(Nc1ccccc1)Nc1ccc(C(=O)N2CCc3ccccc32)cc1. The lowest BCUT2D eigenvalue weighted by atomic mass is 10.1. The van der Waals surface area contributed by atoms with E-state index < -0.39 is 0 Å². The Labute approximate surface area is 157 Å². The maximum atomic E-state index is 12.8. The van der Waals surface area contributed by atoms with Crippen LogP contribution >= 0.6 is 0 Å². The highest BCUT2D eigenvalue weighted by atomic mass is 16.2. The van der Waals surface area contributed by atoms with E-state index in [1.54, 1.807) is 29.2 Å². The number of anilines is 3. The molecule has 0 radical (unpaired) electrons. The van der Waals surface area contributed by atoms with Crippen molar-refractivity contribution in [2.45, 2.75) is 6.42 Å². The Kier molecular flexibility index (Phi) is 4.58. The summed E-state index contributed by atoms with van der Waals surface area (Å²) in [4.78, 5) is 26.7. The first-order valence-electron chi connectivity index (χ1n) is 8.83. The summed E-state index contributed by atoms with van der Waals surface area (Å²) < 4.78 is 0. The number of nitrogens with zero attached hydrogens (tertiary/aromatic N) is 1. The van der Waals surface area contributed by atoms with Crippen LogP contribution in [0.3, 0.4) is 0 Å². The molecule has 1 aliphatic heterocycles. The largest absolute Gasteiger partial charge is 0.323 e. The number of hydrogen-bond donors (Lipinski definition) is 2. The Hall–Kier alpha value is -3.60. The summed E-state index contributed by atoms with van der Waals surface area (Å²) in [5, 5.41) is 5.53. The van der Waals surface area contributed by atoms with E-state index in [-0.39, 0.29) is 11.9 Å². The van der Waals surface area contributed by atoms with E-state index in [1.807, 2.05) is 48.5 Å². The molecule has 3 aromatic rings. The fraction of sp³-hybridized carbons (Fsp3) is 0.0909. The molecule has 5 nitrogen and oxygen atoms in total. The molecule has 4 rings (SSSR count). The molecular formula is C22H19N3O2. The molecule has 5 heteroatoms. The highest BCUT2D eigenvalue weighted by molar-refractivity contribution is 6.07. The van der Waals surface area contributed by atoms with Gasteiger partial charge in [-0.15, -0.1) is 0 Å². The van der Waals surface area contributed by atoms with E-state index in [4.69, 9.17) is 0 Å². The van der Waals surface area contributed by atoms with Crippen molar-refractivity contribution in [2.75, 3.05) is 22.1 Å². The second-order valence-electron chi connectivity index (χ2n) is 6.36. The number of amides is 3. The summed E-state index contributed by atoms with van der Waals surface area (Å²) in [5.41, 5.74) is 4.12. The average Bonchev–Trinajstić information content (AvgIpc) is 3.13. The van der Waals surface area contributed by atoms with Crippen LogP contribution in [0.4, 0.5) is 21.9 Å². The van der Waals surface area contributed by atoms with Gasteiger partial charge in [-0.3, -0.25) is 4.79 Å². The number of carbonyl (C=O) groups is 2. The number of urea groups is 1. The second-order valence-corrected chi connectivity index (χ2v) is 6.36. The van der Waals surface area contributed by atoms with E-state index in [0.717, 1.165) is 17.8 Å². The van der Waals surface area contributed by atoms with Crippen molar-refractivity contribution in [2.24, 2.45) is 0 Å². The van der Waals surface area contributed by atoms with Crippen LogP contribution in [0.2, 0.25) is 0 Å². The van der Waals surface area contributed by atoms with Crippen LogP contribution in [0.15, 0.2) is 78.9 Å². The van der Waals surface area contributed by atoms with Crippen molar-refractivity contribution in [1.82, 2.24) is 0 Å². The number of nitrogens with one attached hydrogen (secondary N) is 2. The van der Waals surface area contributed by atoms with Crippen LogP contribution in [-0.4, -0.2) is 18.5 Å². The van der Waals surface area contributed by atoms with Crippen LogP contribution in [0.1, 0.15) is 15.9 Å². The van der Waals surface area contributed by atoms with E-state index in [1.165, 1.54) is 5.56 Å². The Bertz CT molecular complexity index is 968. The van der Waals surface area contributed by atoms with Gasteiger partial charge < -0.3 is 15.5 Å². The van der Waals surface area contributed by atoms with Gasteiger partial charge in [0.1, 0.15) is 0 Å². The zero-order chi connectivity index (χ0) is 18.6. The van der Waals surface area contributed by atoms with E-state index >= 15 is 0 Å². The molecule has 27 heavy (non-hydrogen) atoms. The molecule has 0 aromatic heterocycles. The first kappa shape index (κ1) is 16.8. The molecule has 0 unspecified atom stereocenters.